The summed E-state index contributed by atoms with van der Waals surface area (Å²) in [5.74, 6) is 0.687. The van der Waals surface area contributed by atoms with Crippen molar-refractivity contribution in [3.8, 4) is 0 Å². The molecule has 1 nitrogen and oxygen atoms in total. The molecule has 1 aliphatic rings. The highest BCUT2D eigenvalue weighted by Crippen LogP contribution is 2.37. The number of piperidine rings is 1. The zero-order valence-corrected chi connectivity index (χ0v) is 12.9. The number of halogens is 1. The van der Waals surface area contributed by atoms with Gasteiger partial charge < -0.3 is 5.32 Å². The third-order valence-corrected chi connectivity index (χ3v) is 5.09. The second-order valence-electron chi connectivity index (χ2n) is 5.12. The van der Waals surface area contributed by atoms with Crippen LogP contribution in [0.25, 0.3) is 0 Å². The van der Waals surface area contributed by atoms with Crippen molar-refractivity contribution in [3.05, 3.63) is 59.1 Å². The Bertz CT molecular complexity index is 561. The van der Waals surface area contributed by atoms with Gasteiger partial charge in [-0.3, -0.25) is 0 Å². The molecule has 0 spiro atoms. The topological polar surface area (TPSA) is 12.0 Å². The van der Waals surface area contributed by atoms with E-state index in [0.29, 0.717) is 5.92 Å². The van der Waals surface area contributed by atoms with Gasteiger partial charge in [0.25, 0.3) is 0 Å². The van der Waals surface area contributed by atoms with Gasteiger partial charge in [-0.15, -0.1) is 0 Å². The van der Waals surface area contributed by atoms with Crippen molar-refractivity contribution < 1.29 is 0 Å². The maximum Gasteiger partial charge on any atom is 0.0406 e. The summed E-state index contributed by atoms with van der Waals surface area (Å²) in [6.07, 6.45) is 2.47. The van der Waals surface area contributed by atoms with Crippen molar-refractivity contribution in [1.82, 2.24) is 5.32 Å². The van der Waals surface area contributed by atoms with Gasteiger partial charge in [0.1, 0.15) is 0 Å². The first-order valence-electron chi connectivity index (χ1n) is 7.06. The number of hydrogen-bond acceptors (Lipinski definition) is 2. The maximum absolute atomic E-state index is 5.95. The van der Waals surface area contributed by atoms with E-state index in [2.05, 4.69) is 41.7 Å². The van der Waals surface area contributed by atoms with Crippen molar-refractivity contribution in [3.63, 3.8) is 0 Å². The lowest BCUT2D eigenvalue weighted by atomic mass is 9.90. The Labute approximate surface area is 129 Å². The summed E-state index contributed by atoms with van der Waals surface area (Å²) in [4.78, 5) is 2.62. The summed E-state index contributed by atoms with van der Waals surface area (Å²) in [5.41, 5.74) is 1.49. The number of hydrogen-bond donors (Lipinski definition) is 1. The molecule has 1 fully saturated rings. The molecule has 0 amide bonds. The van der Waals surface area contributed by atoms with Crippen molar-refractivity contribution in [1.29, 1.82) is 0 Å². The fourth-order valence-corrected chi connectivity index (χ4v) is 3.82. The molecule has 3 heteroatoms. The molecule has 1 N–H and O–H groups in total. The smallest absolute Gasteiger partial charge is 0.0406 e. The molecule has 1 saturated heterocycles. The van der Waals surface area contributed by atoms with Crippen molar-refractivity contribution in [2.75, 3.05) is 13.1 Å². The van der Waals surface area contributed by atoms with E-state index in [0.717, 1.165) is 18.1 Å². The van der Waals surface area contributed by atoms with Crippen LogP contribution >= 0.6 is 23.4 Å². The highest BCUT2D eigenvalue weighted by atomic mass is 35.5. The van der Waals surface area contributed by atoms with Gasteiger partial charge in [0.2, 0.25) is 0 Å². The fraction of sp³-hybridized carbons (Fsp3) is 0.294. The summed E-state index contributed by atoms with van der Waals surface area (Å²) < 4.78 is 0. The third-order valence-electron chi connectivity index (χ3n) is 3.74. The minimum absolute atomic E-state index is 0.687. The highest BCUT2D eigenvalue weighted by molar-refractivity contribution is 7.99. The molecule has 1 aliphatic heterocycles. The second-order valence-corrected chi connectivity index (χ2v) is 6.67. The number of nitrogens with one attached hydrogen (secondary N) is 1. The van der Waals surface area contributed by atoms with Crippen LogP contribution in [0.4, 0.5) is 0 Å². The zero-order chi connectivity index (χ0) is 13.8. The quantitative estimate of drug-likeness (QED) is 0.860. The predicted molar refractivity (Wildman–Crippen MR) is 86.9 cm³/mol. The molecule has 0 unspecified atom stereocenters. The molecule has 0 aromatic heterocycles. The normalized spacial score (nSPS) is 16.2. The minimum atomic E-state index is 0.687. The summed E-state index contributed by atoms with van der Waals surface area (Å²) in [7, 11) is 0. The van der Waals surface area contributed by atoms with Gasteiger partial charge in [-0.1, -0.05) is 41.6 Å². The van der Waals surface area contributed by atoms with Crippen LogP contribution in [0.5, 0.6) is 0 Å². The Hall–Kier alpha value is -0.960. The van der Waals surface area contributed by atoms with E-state index in [1.165, 1.54) is 28.2 Å². The van der Waals surface area contributed by atoms with Crippen molar-refractivity contribution >= 4 is 23.4 Å². The van der Waals surface area contributed by atoms with E-state index >= 15 is 0 Å². The van der Waals surface area contributed by atoms with E-state index in [1.54, 1.807) is 0 Å². The van der Waals surface area contributed by atoms with Gasteiger partial charge in [0.15, 0.2) is 0 Å². The minimum Gasteiger partial charge on any atom is -0.317 e. The first-order chi connectivity index (χ1) is 9.83. The van der Waals surface area contributed by atoms with E-state index in [1.807, 2.05) is 23.9 Å². The summed E-state index contributed by atoms with van der Waals surface area (Å²) in [6, 6.07) is 16.9. The highest BCUT2D eigenvalue weighted by Gasteiger charge is 2.18. The first-order valence-corrected chi connectivity index (χ1v) is 8.25. The monoisotopic (exact) mass is 303 g/mol. The molecule has 0 radical (unpaired) electrons. The molecule has 3 rings (SSSR count). The van der Waals surface area contributed by atoms with Crippen LogP contribution in [-0.2, 0) is 0 Å². The second kappa shape index (κ2) is 6.66. The molecule has 2 aromatic rings. The van der Waals surface area contributed by atoms with Crippen LogP contribution in [-0.4, -0.2) is 13.1 Å². The zero-order valence-electron chi connectivity index (χ0n) is 11.3. The molecule has 0 saturated carbocycles. The average Bonchev–Trinajstić information content (AvgIpc) is 2.51. The lowest BCUT2D eigenvalue weighted by Gasteiger charge is -2.24. The number of rotatable bonds is 3. The van der Waals surface area contributed by atoms with Gasteiger partial charge in [-0.25, -0.2) is 0 Å². The van der Waals surface area contributed by atoms with Gasteiger partial charge in [-0.05, 0) is 67.7 Å². The van der Waals surface area contributed by atoms with E-state index in [4.69, 9.17) is 11.6 Å². The largest absolute Gasteiger partial charge is 0.317 e. The third kappa shape index (κ3) is 3.38. The van der Waals surface area contributed by atoms with Gasteiger partial charge in [0, 0.05) is 14.8 Å². The molecule has 2 aromatic carbocycles. The van der Waals surface area contributed by atoms with E-state index in [-0.39, 0.29) is 0 Å². The Kier molecular flexibility index (Phi) is 4.66. The molecule has 0 atom stereocenters. The average molecular weight is 304 g/mol. The van der Waals surface area contributed by atoms with Gasteiger partial charge in [-0.2, -0.15) is 0 Å². The molecule has 104 valence electrons. The molecule has 20 heavy (non-hydrogen) atoms. The van der Waals surface area contributed by atoms with Gasteiger partial charge >= 0.3 is 0 Å². The Morgan fingerprint density at radius 2 is 1.65 bits per heavy atom. The number of benzene rings is 2. The maximum atomic E-state index is 5.95. The van der Waals surface area contributed by atoms with Crippen LogP contribution in [0.3, 0.4) is 0 Å². The van der Waals surface area contributed by atoms with Crippen molar-refractivity contribution in [2.45, 2.75) is 28.6 Å². The lowest BCUT2D eigenvalue weighted by Crippen LogP contribution is -2.26. The first kappa shape index (κ1) is 14.0. The molecule has 1 heterocycles. The van der Waals surface area contributed by atoms with Crippen LogP contribution in [0.1, 0.15) is 24.3 Å². The Balaban J connectivity index is 1.83. The van der Waals surface area contributed by atoms with Crippen LogP contribution < -0.4 is 5.32 Å². The molecular formula is C17H18ClNS. The van der Waals surface area contributed by atoms with Crippen molar-refractivity contribution in [2.24, 2.45) is 0 Å². The van der Waals surface area contributed by atoms with Gasteiger partial charge in [0.05, 0.1) is 0 Å². The van der Waals surface area contributed by atoms with Crippen LogP contribution in [0.15, 0.2) is 58.3 Å². The van der Waals surface area contributed by atoms with E-state index in [9.17, 15) is 0 Å². The van der Waals surface area contributed by atoms with Crippen LogP contribution in [0, 0.1) is 0 Å². The lowest BCUT2D eigenvalue weighted by molar-refractivity contribution is 0.456. The Morgan fingerprint density at radius 3 is 2.40 bits per heavy atom. The van der Waals surface area contributed by atoms with E-state index < -0.39 is 0 Å². The SMILES string of the molecule is Clc1ccc(Sc2ccccc2C2CCNCC2)cc1. The fourth-order valence-electron chi connectivity index (χ4n) is 2.67. The Morgan fingerprint density at radius 1 is 0.950 bits per heavy atom. The molecule has 0 bridgehead atoms. The standard InChI is InChI=1S/C17H18ClNS/c18-14-5-7-15(8-6-14)20-17-4-2-1-3-16(17)13-9-11-19-12-10-13/h1-8,13,19H,9-12H2. The summed E-state index contributed by atoms with van der Waals surface area (Å²) >= 11 is 7.79. The summed E-state index contributed by atoms with van der Waals surface area (Å²) in [6.45, 7) is 2.26. The summed E-state index contributed by atoms with van der Waals surface area (Å²) in [5, 5.41) is 4.23. The molecule has 0 aliphatic carbocycles. The molecular weight excluding hydrogens is 286 g/mol. The predicted octanol–water partition coefficient (Wildman–Crippen LogP) is 4.96. The van der Waals surface area contributed by atoms with Crippen LogP contribution in [0.2, 0.25) is 5.02 Å².